The molecule has 0 aliphatic carbocycles. The number of rotatable bonds is 8. The van der Waals surface area contributed by atoms with Crippen molar-refractivity contribution in [2.45, 2.75) is 19.5 Å². The zero-order valence-corrected chi connectivity index (χ0v) is 18.8. The summed E-state index contributed by atoms with van der Waals surface area (Å²) in [6, 6.07) is 6.77. The van der Waals surface area contributed by atoms with Gasteiger partial charge in [0.15, 0.2) is 23.0 Å². The Morgan fingerprint density at radius 3 is 2.34 bits per heavy atom. The van der Waals surface area contributed by atoms with Gasteiger partial charge in [-0.3, -0.25) is 20.4 Å². The molecule has 0 saturated heterocycles. The monoisotopic (exact) mass is 494 g/mol. The van der Waals surface area contributed by atoms with Crippen molar-refractivity contribution in [3.05, 3.63) is 53.3 Å². The minimum Gasteiger partial charge on any atom is -0.493 e. The van der Waals surface area contributed by atoms with Crippen molar-refractivity contribution in [3.8, 4) is 23.2 Å². The molecule has 186 valence electrons. The summed E-state index contributed by atoms with van der Waals surface area (Å²) in [5, 5.41) is 10.8. The van der Waals surface area contributed by atoms with Crippen molar-refractivity contribution in [2.24, 2.45) is 0 Å². The van der Waals surface area contributed by atoms with Crippen molar-refractivity contribution in [2.75, 3.05) is 20.8 Å². The molecule has 0 bridgehead atoms. The maximum atomic E-state index is 13.8. The Kier molecular flexibility index (Phi) is 7.73. The number of carbonyl (C=O) groups is 2. The molecule has 11 nitrogen and oxygen atoms in total. The summed E-state index contributed by atoms with van der Waals surface area (Å²) in [5.41, 5.74) is 1.87. The summed E-state index contributed by atoms with van der Waals surface area (Å²) in [6.07, 6.45) is -3.51. The Hall–Kier alpha value is -4.36. The van der Waals surface area contributed by atoms with Crippen LogP contribution >= 0.6 is 0 Å². The van der Waals surface area contributed by atoms with Crippen LogP contribution in [0.5, 0.6) is 17.4 Å². The van der Waals surface area contributed by atoms with Gasteiger partial charge < -0.3 is 14.2 Å². The van der Waals surface area contributed by atoms with Crippen LogP contribution in [0.15, 0.2) is 36.5 Å². The first-order chi connectivity index (χ1) is 16.7. The van der Waals surface area contributed by atoms with Gasteiger partial charge in [-0.05, 0) is 30.7 Å². The molecule has 0 fully saturated rings. The van der Waals surface area contributed by atoms with E-state index in [1.807, 2.05) is 12.3 Å². The summed E-state index contributed by atoms with van der Waals surface area (Å²) in [7, 11) is 2.71. The van der Waals surface area contributed by atoms with Gasteiger partial charge in [-0.25, -0.2) is 4.68 Å². The summed E-state index contributed by atoms with van der Waals surface area (Å²) >= 11 is 0. The van der Waals surface area contributed by atoms with Crippen molar-refractivity contribution >= 4 is 11.8 Å². The number of benzene rings is 1. The van der Waals surface area contributed by atoms with Gasteiger partial charge in [0.25, 0.3) is 11.8 Å². The van der Waals surface area contributed by atoms with Crippen LogP contribution < -0.4 is 25.1 Å². The Labute approximate surface area is 197 Å². The van der Waals surface area contributed by atoms with E-state index >= 15 is 0 Å². The van der Waals surface area contributed by atoms with Crippen LogP contribution in [-0.2, 0) is 6.18 Å². The minimum absolute atomic E-state index is 0.0752. The molecule has 2 amide bonds. The molecule has 0 unspecified atom stereocenters. The molecule has 0 saturated carbocycles. The third-order valence-corrected chi connectivity index (χ3v) is 4.51. The number of hydrazine groups is 1. The maximum absolute atomic E-state index is 13.8. The summed E-state index contributed by atoms with van der Waals surface area (Å²) in [6.45, 7) is 2.37. The average Bonchev–Trinajstić information content (AvgIpc) is 3.32. The number of ether oxygens (including phenoxy) is 3. The molecule has 2 aromatic heterocycles. The van der Waals surface area contributed by atoms with Gasteiger partial charge in [-0.15, -0.1) is 10.2 Å². The smallest absolute Gasteiger partial charge is 0.434 e. The molecular weight excluding hydrogens is 473 g/mol. The van der Waals surface area contributed by atoms with Crippen molar-refractivity contribution in [3.63, 3.8) is 0 Å². The molecule has 0 aliphatic rings. The fourth-order valence-corrected chi connectivity index (χ4v) is 2.89. The van der Waals surface area contributed by atoms with Gasteiger partial charge in [0, 0.05) is 11.6 Å². The lowest BCUT2D eigenvalue weighted by atomic mass is 10.2. The van der Waals surface area contributed by atoms with E-state index in [1.54, 1.807) is 0 Å². The highest BCUT2D eigenvalue weighted by molar-refractivity contribution is 6.00. The summed E-state index contributed by atoms with van der Waals surface area (Å²) in [4.78, 5) is 25.0. The molecular formula is C21H21F3N6O5. The minimum atomic E-state index is -4.98. The fraction of sp³-hybridized carbons (Fsp3) is 0.286. The third-order valence-electron chi connectivity index (χ3n) is 4.51. The second kappa shape index (κ2) is 10.7. The molecule has 35 heavy (non-hydrogen) atoms. The van der Waals surface area contributed by atoms with Gasteiger partial charge in [0.05, 0.1) is 32.6 Å². The molecule has 2 heterocycles. The highest BCUT2D eigenvalue weighted by atomic mass is 19.4. The van der Waals surface area contributed by atoms with E-state index in [4.69, 9.17) is 14.2 Å². The van der Waals surface area contributed by atoms with Crippen LogP contribution in [-0.4, -0.2) is 52.6 Å². The number of amides is 2. The number of hydrogen-bond donors (Lipinski definition) is 2. The summed E-state index contributed by atoms with van der Waals surface area (Å²) in [5.74, 6) is -1.55. The number of alkyl halides is 3. The lowest BCUT2D eigenvalue weighted by Gasteiger charge is -2.13. The van der Waals surface area contributed by atoms with Crippen LogP contribution in [0.25, 0.3) is 5.82 Å². The van der Waals surface area contributed by atoms with Crippen molar-refractivity contribution < 1.29 is 37.0 Å². The number of nitrogens with zero attached hydrogens (tertiary/aromatic N) is 4. The normalized spacial score (nSPS) is 11.0. The summed E-state index contributed by atoms with van der Waals surface area (Å²) < 4.78 is 57.3. The number of carbonyl (C=O) groups excluding carboxylic acids is 2. The molecule has 0 spiro atoms. The largest absolute Gasteiger partial charge is 0.493 e. The molecule has 14 heteroatoms. The van der Waals surface area contributed by atoms with E-state index in [0.29, 0.717) is 23.2 Å². The Bertz CT molecular complexity index is 1200. The Morgan fingerprint density at radius 1 is 1.00 bits per heavy atom. The molecule has 0 radical (unpaired) electrons. The van der Waals surface area contributed by atoms with E-state index < -0.39 is 29.2 Å². The topological polar surface area (TPSA) is 129 Å². The molecule has 3 rings (SSSR count). The molecule has 3 aromatic rings. The first-order valence-corrected chi connectivity index (χ1v) is 10.1. The van der Waals surface area contributed by atoms with E-state index in [0.717, 1.165) is 6.42 Å². The Balaban J connectivity index is 1.79. The van der Waals surface area contributed by atoms with E-state index in [9.17, 15) is 22.8 Å². The zero-order valence-electron chi connectivity index (χ0n) is 18.8. The fourth-order valence-electron chi connectivity index (χ4n) is 2.89. The van der Waals surface area contributed by atoms with E-state index in [1.165, 1.54) is 44.6 Å². The van der Waals surface area contributed by atoms with Crippen LogP contribution in [0.4, 0.5) is 13.2 Å². The third kappa shape index (κ3) is 5.77. The van der Waals surface area contributed by atoms with E-state index in [2.05, 4.69) is 20.7 Å². The van der Waals surface area contributed by atoms with Crippen LogP contribution in [0, 0.1) is 0 Å². The number of nitrogens with one attached hydrogen (secondary N) is 2. The van der Waals surface area contributed by atoms with Crippen molar-refractivity contribution in [1.29, 1.82) is 0 Å². The quantitative estimate of drug-likeness (QED) is 0.457. The van der Waals surface area contributed by atoms with Gasteiger partial charge >= 0.3 is 6.18 Å². The predicted octanol–water partition coefficient (Wildman–Crippen LogP) is 2.56. The second-order valence-corrected chi connectivity index (χ2v) is 6.87. The highest BCUT2D eigenvalue weighted by Crippen LogP contribution is 2.33. The van der Waals surface area contributed by atoms with Gasteiger partial charge in [0.1, 0.15) is 0 Å². The van der Waals surface area contributed by atoms with Gasteiger partial charge in [-0.1, -0.05) is 6.92 Å². The standard InChI is InChI=1S/C21H21F3N6O5/c1-4-9-35-14-6-5-12(10-15(14)33-2)19(31)28-29-20(32)13-11-25-30(18(13)21(22,23)24)16-7-8-17(34-3)27-26-16/h5-8,10-11H,4,9H2,1-3H3,(H,28,31)(H,29,32). The molecule has 0 aliphatic heterocycles. The molecule has 2 N–H and O–H groups in total. The SMILES string of the molecule is CCCOc1ccc(C(=O)NNC(=O)c2cnn(-c3ccc(OC)nn3)c2C(F)(F)F)cc1OC. The first kappa shape index (κ1) is 25.3. The Morgan fingerprint density at radius 2 is 1.74 bits per heavy atom. The van der Waals surface area contributed by atoms with Crippen LogP contribution in [0.3, 0.4) is 0 Å². The van der Waals surface area contributed by atoms with Crippen molar-refractivity contribution in [1.82, 2.24) is 30.8 Å². The van der Waals surface area contributed by atoms with Crippen LogP contribution in [0.2, 0.25) is 0 Å². The lowest BCUT2D eigenvalue weighted by Crippen LogP contribution is -2.42. The lowest BCUT2D eigenvalue weighted by molar-refractivity contribution is -0.143. The zero-order chi connectivity index (χ0) is 25.6. The number of hydrogen-bond acceptors (Lipinski definition) is 8. The van der Waals surface area contributed by atoms with Gasteiger partial charge in [-0.2, -0.15) is 18.3 Å². The average molecular weight is 494 g/mol. The number of methoxy groups -OCH3 is 2. The first-order valence-electron chi connectivity index (χ1n) is 10.1. The number of aromatic nitrogens is 4. The molecule has 0 atom stereocenters. The number of halogens is 3. The predicted molar refractivity (Wildman–Crippen MR) is 114 cm³/mol. The maximum Gasteiger partial charge on any atom is 0.434 e. The van der Waals surface area contributed by atoms with Crippen LogP contribution in [0.1, 0.15) is 39.8 Å². The second-order valence-electron chi connectivity index (χ2n) is 6.87. The van der Waals surface area contributed by atoms with E-state index in [-0.39, 0.29) is 23.0 Å². The highest BCUT2D eigenvalue weighted by Gasteiger charge is 2.41. The molecule has 1 aromatic carbocycles. The van der Waals surface area contributed by atoms with Gasteiger partial charge in [0.2, 0.25) is 5.88 Å².